The molecule has 86 valence electrons. The Balaban J connectivity index is 2.64. The van der Waals surface area contributed by atoms with Gasteiger partial charge in [-0.15, -0.1) is 0 Å². The number of hydrogen-bond donors (Lipinski definition) is 2. The number of carbonyl (C=O) groups is 1. The Morgan fingerprint density at radius 2 is 2.12 bits per heavy atom. The molecule has 3 N–H and O–H groups in total. The van der Waals surface area contributed by atoms with Crippen molar-refractivity contribution < 1.29 is 9.90 Å². The quantitative estimate of drug-likeness (QED) is 0.796. The molecule has 0 radical (unpaired) electrons. The van der Waals surface area contributed by atoms with Crippen molar-refractivity contribution in [2.75, 3.05) is 5.73 Å². The van der Waals surface area contributed by atoms with Crippen LogP contribution in [0.3, 0.4) is 0 Å². The molecular weight excluding hydrogens is 204 g/mol. The van der Waals surface area contributed by atoms with Crippen LogP contribution in [0.1, 0.15) is 47.1 Å². The largest absolute Gasteiger partial charge is 0.476 e. The third-order valence-corrected chi connectivity index (χ3v) is 3.19. The number of nitrogens with zero attached hydrogens (tertiary/aromatic N) is 1. The summed E-state index contributed by atoms with van der Waals surface area (Å²) in [5.74, 6) is -1.03. The number of aryl methyl sites for hydroxylation is 1. The Morgan fingerprint density at radius 3 is 2.75 bits per heavy atom. The molecule has 0 aromatic carbocycles. The van der Waals surface area contributed by atoms with Gasteiger partial charge in [0.25, 0.3) is 0 Å². The zero-order chi connectivity index (χ0) is 11.7. The highest BCUT2D eigenvalue weighted by Gasteiger charge is 2.21. The molecule has 0 atom stereocenters. The molecule has 0 aliphatic heterocycles. The minimum absolute atomic E-state index is 0.0255. The number of rotatable bonds is 2. The van der Waals surface area contributed by atoms with Crippen LogP contribution in [0.5, 0.6) is 0 Å². The van der Waals surface area contributed by atoms with Crippen LogP contribution in [-0.4, -0.2) is 16.1 Å². The van der Waals surface area contributed by atoms with Gasteiger partial charge in [-0.05, 0) is 43.2 Å². The smallest absolute Gasteiger partial charge is 0.356 e. The molecule has 4 heteroatoms. The van der Waals surface area contributed by atoms with Crippen LogP contribution in [-0.2, 0) is 19.3 Å². The zero-order valence-corrected chi connectivity index (χ0v) is 9.42. The molecule has 0 spiro atoms. The second-order valence-corrected chi connectivity index (χ2v) is 4.14. The summed E-state index contributed by atoms with van der Waals surface area (Å²) in [7, 11) is 0. The van der Waals surface area contributed by atoms with Gasteiger partial charge in [0.2, 0.25) is 0 Å². The molecule has 0 amide bonds. The third-order valence-electron chi connectivity index (χ3n) is 3.19. The third kappa shape index (κ3) is 1.64. The molecule has 2 rings (SSSR count). The predicted molar refractivity (Wildman–Crippen MR) is 61.6 cm³/mol. The Morgan fingerprint density at radius 1 is 1.44 bits per heavy atom. The first-order valence-electron chi connectivity index (χ1n) is 5.68. The van der Waals surface area contributed by atoms with Crippen molar-refractivity contribution in [2.45, 2.75) is 39.0 Å². The van der Waals surface area contributed by atoms with Crippen LogP contribution in [0.4, 0.5) is 5.69 Å². The lowest BCUT2D eigenvalue weighted by Crippen LogP contribution is -2.16. The first-order valence-corrected chi connectivity index (χ1v) is 5.68. The average Bonchev–Trinajstić information content (AvgIpc) is 2.28. The minimum atomic E-state index is -1.03. The number of aromatic nitrogens is 1. The van der Waals surface area contributed by atoms with Gasteiger partial charge in [-0.1, -0.05) is 6.92 Å². The van der Waals surface area contributed by atoms with E-state index in [1.165, 1.54) is 5.56 Å². The van der Waals surface area contributed by atoms with Crippen LogP contribution >= 0.6 is 0 Å². The summed E-state index contributed by atoms with van der Waals surface area (Å²) < 4.78 is 0. The summed E-state index contributed by atoms with van der Waals surface area (Å²) in [5.41, 5.74) is 9.38. The fraction of sp³-hybridized carbons (Fsp3) is 0.500. The predicted octanol–water partition coefficient (Wildman–Crippen LogP) is 1.80. The van der Waals surface area contributed by atoms with Gasteiger partial charge in [-0.25, -0.2) is 9.78 Å². The molecule has 0 fully saturated rings. The van der Waals surface area contributed by atoms with Gasteiger partial charge in [0, 0.05) is 5.69 Å². The van der Waals surface area contributed by atoms with Crippen LogP contribution in [0, 0.1) is 0 Å². The monoisotopic (exact) mass is 220 g/mol. The second-order valence-electron chi connectivity index (χ2n) is 4.14. The van der Waals surface area contributed by atoms with E-state index in [9.17, 15) is 4.79 Å². The van der Waals surface area contributed by atoms with Crippen molar-refractivity contribution >= 4 is 11.7 Å². The molecule has 0 unspecified atom stereocenters. The topological polar surface area (TPSA) is 76.2 Å². The number of hydrogen-bond acceptors (Lipinski definition) is 3. The Labute approximate surface area is 94.5 Å². The minimum Gasteiger partial charge on any atom is -0.476 e. The number of carboxylic acid groups (broad SMARTS) is 1. The molecule has 1 aliphatic carbocycles. The molecular formula is C12H16N2O2. The normalized spacial score (nSPS) is 14.6. The maximum Gasteiger partial charge on any atom is 0.356 e. The Kier molecular flexibility index (Phi) is 2.81. The van der Waals surface area contributed by atoms with Crippen molar-refractivity contribution in [1.82, 2.24) is 4.98 Å². The van der Waals surface area contributed by atoms with E-state index in [1.807, 2.05) is 6.92 Å². The van der Waals surface area contributed by atoms with Gasteiger partial charge in [0.15, 0.2) is 5.69 Å². The summed E-state index contributed by atoms with van der Waals surface area (Å²) >= 11 is 0. The molecule has 0 saturated carbocycles. The lowest BCUT2D eigenvalue weighted by Gasteiger charge is -2.20. The average molecular weight is 220 g/mol. The molecule has 1 aromatic heterocycles. The maximum atomic E-state index is 11.0. The molecule has 16 heavy (non-hydrogen) atoms. The van der Waals surface area contributed by atoms with E-state index in [0.29, 0.717) is 5.69 Å². The van der Waals surface area contributed by atoms with Gasteiger partial charge >= 0.3 is 5.97 Å². The first kappa shape index (κ1) is 10.9. The molecule has 4 nitrogen and oxygen atoms in total. The summed E-state index contributed by atoms with van der Waals surface area (Å²) in [6.07, 6.45) is 4.87. The molecule has 1 aromatic rings. The van der Waals surface area contributed by atoms with E-state index in [-0.39, 0.29) is 5.69 Å². The van der Waals surface area contributed by atoms with Gasteiger partial charge < -0.3 is 10.8 Å². The van der Waals surface area contributed by atoms with E-state index in [4.69, 9.17) is 10.8 Å². The van der Waals surface area contributed by atoms with Crippen LogP contribution in [0.2, 0.25) is 0 Å². The van der Waals surface area contributed by atoms with Crippen LogP contribution < -0.4 is 5.73 Å². The summed E-state index contributed by atoms with van der Waals surface area (Å²) in [4.78, 5) is 15.2. The van der Waals surface area contributed by atoms with E-state index in [1.54, 1.807) is 0 Å². The second kappa shape index (κ2) is 4.12. The Hall–Kier alpha value is -1.58. The van der Waals surface area contributed by atoms with Gasteiger partial charge in [-0.3, -0.25) is 0 Å². The highest BCUT2D eigenvalue weighted by molar-refractivity contribution is 5.92. The lowest BCUT2D eigenvalue weighted by molar-refractivity contribution is 0.0691. The summed E-state index contributed by atoms with van der Waals surface area (Å²) in [5, 5.41) is 9.04. The first-order chi connectivity index (χ1) is 7.65. The van der Waals surface area contributed by atoms with E-state index < -0.39 is 5.97 Å². The molecule has 1 aliphatic rings. The number of nitrogen functional groups attached to an aromatic ring is 1. The SMILES string of the molecule is CCc1c(N)c(C(=O)O)nc2c1CCCC2. The maximum absolute atomic E-state index is 11.0. The summed E-state index contributed by atoms with van der Waals surface area (Å²) in [6.45, 7) is 2.01. The van der Waals surface area contributed by atoms with Crippen LogP contribution in [0.25, 0.3) is 0 Å². The number of carboxylic acids is 1. The number of pyridine rings is 1. The number of fused-ring (bicyclic) bond motifs is 1. The van der Waals surface area contributed by atoms with Crippen molar-refractivity contribution in [3.05, 3.63) is 22.5 Å². The highest BCUT2D eigenvalue weighted by atomic mass is 16.4. The summed E-state index contributed by atoms with van der Waals surface area (Å²) in [6, 6.07) is 0. The van der Waals surface area contributed by atoms with Crippen molar-refractivity contribution in [3.8, 4) is 0 Å². The van der Waals surface area contributed by atoms with Gasteiger partial charge in [-0.2, -0.15) is 0 Å². The van der Waals surface area contributed by atoms with Crippen molar-refractivity contribution in [1.29, 1.82) is 0 Å². The van der Waals surface area contributed by atoms with E-state index >= 15 is 0 Å². The van der Waals surface area contributed by atoms with Gasteiger partial charge in [0.05, 0.1) is 5.69 Å². The lowest BCUT2D eigenvalue weighted by atomic mass is 9.89. The van der Waals surface area contributed by atoms with Crippen molar-refractivity contribution in [2.24, 2.45) is 0 Å². The Bertz CT molecular complexity index is 441. The van der Waals surface area contributed by atoms with Gasteiger partial charge in [0.1, 0.15) is 0 Å². The van der Waals surface area contributed by atoms with Crippen molar-refractivity contribution in [3.63, 3.8) is 0 Å². The zero-order valence-electron chi connectivity index (χ0n) is 9.42. The number of nitrogens with two attached hydrogens (primary N) is 1. The standard InChI is InChI=1S/C12H16N2O2/c1-2-7-8-5-3-4-6-9(8)14-11(10(7)13)12(15)16/h2-6,13H2,1H3,(H,15,16). The van der Waals surface area contributed by atoms with E-state index in [0.717, 1.165) is 43.4 Å². The fourth-order valence-corrected chi connectivity index (χ4v) is 2.41. The fourth-order valence-electron chi connectivity index (χ4n) is 2.41. The molecule has 0 saturated heterocycles. The highest BCUT2D eigenvalue weighted by Crippen LogP contribution is 2.29. The molecule has 1 heterocycles. The van der Waals surface area contributed by atoms with E-state index in [2.05, 4.69) is 4.98 Å². The van der Waals surface area contributed by atoms with Crippen LogP contribution in [0.15, 0.2) is 0 Å². The molecule has 0 bridgehead atoms. The number of anilines is 1. The number of aromatic carboxylic acids is 1.